The largest absolute Gasteiger partial charge is 0.504 e. The SMILES string of the molecule is COc1ccc([C@H]2O[C@H](COC(C)=O)[C@@H](OC(C)=O)[C@@H](OC(C)=O)[C@@H]2OC(C)=O)cc1O. The highest BCUT2D eigenvalue weighted by Gasteiger charge is 2.52. The van der Waals surface area contributed by atoms with E-state index in [4.69, 9.17) is 28.4 Å². The summed E-state index contributed by atoms with van der Waals surface area (Å²) in [5, 5.41) is 10.2. The Morgan fingerprint density at radius 1 is 0.875 bits per heavy atom. The lowest BCUT2D eigenvalue weighted by molar-refractivity contribution is -0.254. The molecule has 1 aromatic rings. The first-order chi connectivity index (χ1) is 15.0. The first-order valence-electron chi connectivity index (χ1n) is 9.70. The number of hydrogen-bond acceptors (Lipinski definition) is 11. The third-order valence-electron chi connectivity index (χ3n) is 4.52. The summed E-state index contributed by atoms with van der Waals surface area (Å²) in [6, 6.07) is 4.36. The van der Waals surface area contributed by atoms with Crippen LogP contribution < -0.4 is 4.74 Å². The first kappa shape index (κ1) is 24.9. The van der Waals surface area contributed by atoms with Crippen molar-refractivity contribution in [1.82, 2.24) is 0 Å². The lowest BCUT2D eigenvalue weighted by atomic mass is 9.90. The second-order valence-corrected chi connectivity index (χ2v) is 7.05. The number of rotatable bonds is 7. The van der Waals surface area contributed by atoms with Crippen LogP contribution in [0.2, 0.25) is 0 Å². The second kappa shape index (κ2) is 10.8. The van der Waals surface area contributed by atoms with E-state index in [1.54, 1.807) is 6.07 Å². The topological polar surface area (TPSA) is 144 Å². The van der Waals surface area contributed by atoms with Gasteiger partial charge in [-0.25, -0.2) is 0 Å². The Kier molecular flexibility index (Phi) is 8.41. The normalized spacial score (nSPS) is 24.7. The van der Waals surface area contributed by atoms with Crippen molar-refractivity contribution in [3.05, 3.63) is 23.8 Å². The number of phenols is 1. The highest BCUT2D eigenvalue weighted by atomic mass is 16.7. The van der Waals surface area contributed by atoms with Crippen molar-refractivity contribution in [1.29, 1.82) is 0 Å². The molecule has 0 amide bonds. The Morgan fingerprint density at radius 2 is 1.44 bits per heavy atom. The summed E-state index contributed by atoms with van der Waals surface area (Å²) in [5.41, 5.74) is 0.348. The molecule has 0 spiro atoms. The Bertz CT molecular complexity index is 865. The molecule has 1 aliphatic rings. The maximum atomic E-state index is 11.8. The number of aromatic hydroxyl groups is 1. The van der Waals surface area contributed by atoms with E-state index in [0.29, 0.717) is 5.56 Å². The quantitative estimate of drug-likeness (QED) is 0.469. The van der Waals surface area contributed by atoms with Gasteiger partial charge >= 0.3 is 23.9 Å². The monoisotopic (exact) mass is 454 g/mol. The van der Waals surface area contributed by atoms with E-state index < -0.39 is 54.4 Å². The molecule has 11 nitrogen and oxygen atoms in total. The molecule has 5 atom stereocenters. The van der Waals surface area contributed by atoms with E-state index >= 15 is 0 Å². The van der Waals surface area contributed by atoms with Gasteiger partial charge in [-0.15, -0.1) is 0 Å². The molecule has 1 aromatic carbocycles. The predicted molar refractivity (Wildman–Crippen MR) is 106 cm³/mol. The molecule has 2 rings (SSSR count). The number of phenolic OH excluding ortho intramolecular Hbond substituents is 1. The van der Waals surface area contributed by atoms with E-state index in [2.05, 4.69) is 0 Å². The van der Waals surface area contributed by atoms with Gasteiger partial charge in [0, 0.05) is 27.7 Å². The summed E-state index contributed by atoms with van der Waals surface area (Å²) in [7, 11) is 1.38. The smallest absolute Gasteiger partial charge is 0.303 e. The van der Waals surface area contributed by atoms with Crippen molar-refractivity contribution in [2.24, 2.45) is 0 Å². The van der Waals surface area contributed by atoms with E-state index in [1.165, 1.54) is 26.2 Å². The van der Waals surface area contributed by atoms with Crippen molar-refractivity contribution in [3.8, 4) is 11.5 Å². The van der Waals surface area contributed by atoms with E-state index in [0.717, 1.165) is 20.8 Å². The van der Waals surface area contributed by atoms with Gasteiger partial charge in [0.05, 0.1) is 7.11 Å². The van der Waals surface area contributed by atoms with Crippen LogP contribution in [0.4, 0.5) is 0 Å². The average molecular weight is 454 g/mol. The zero-order chi connectivity index (χ0) is 24.0. The van der Waals surface area contributed by atoms with Crippen molar-refractivity contribution in [2.45, 2.75) is 58.2 Å². The molecule has 1 N–H and O–H groups in total. The van der Waals surface area contributed by atoms with Gasteiger partial charge in [-0.1, -0.05) is 6.07 Å². The van der Waals surface area contributed by atoms with Crippen LogP contribution in [0.1, 0.15) is 39.4 Å². The van der Waals surface area contributed by atoms with Crippen molar-refractivity contribution < 1.29 is 52.7 Å². The molecule has 0 saturated carbocycles. The van der Waals surface area contributed by atoms with Crippen LogP contribution in [0.3, 0.4) is 0 Å². The molecule has 1 heterocycles. The minimum absolute atomic E-state index is 0.194. The second-order valence-electron chi connectivity index (χ2n) is 7.05. The van der Waals surface area contributed by atoms with Crippen LogP contribution >= 0.6 is 0 Å². The number of benzene rings is 1. The fraction of sp³-hybridized carbons (Fsp3) is 0.524. The number of ether oxygens (including phenoxy) is 6. The van der Waals surface area contributed by atoms with Crippen LogP contribution in [0, 0.1) is 0 Å². The predicted octanol–water partition coefficient (Wildman–Crippen LogP) is 1.20. The van der Waals surface area contributed by atoms with Crippen molar-refractivity contribution >= 4 is 23.9 Å². The fourth-order valence-electron chi connectivity index (χ4n) is 3.38. The van der Waals surface area contributed by atoms with Gasteiger partial charge in [0.15, 0.2) is 29.8 Å². The van der Waals surface area contributed by atoms with Crippen LogP contribution in [0.5, 0.6) is 11.5 Å². The van der Waals surface area contributed by atoms with E-state index in [-0.39, 0.29) is 18.1 Å². The molecule has 0 unspecified atom stereocenters. The maximum absolute atomic E-state index is 11.8. The summed E-state index contributed by atoms with van der Waals surface area (Å²) in [6.07, 6.45) is -5.94. The third kappa shape index (κ3) is 6.33. The number of methoxy groups -OCH3 is 1. The van der Waals surface area contributed by atoms with Gasteiger partial charge in [0.2, 0.25) is 0 Å². The summed E-state index contributed by atoms with van der Waals surface area (Å²) in [4.78, 5) is 46.8. The lowest BCUT2D eigenvalue weighted by Crippen LogP contribution is -2.59. The first-order valence-corrected chi connectivity index (χ1v) is 9.70. The maximum Gasteiger partial charge on any atom is 0.303 e. The standard InChI is InChI=1S/C21H26O11/c1-10(22)28-9-17-19(29-11(2)23)21(31-13(4)25)20(30-12(3)24)18(32-17)14-6-7-16(27-5)15(26)8-14/h6-8,17-21,26H,9H2,1-5H3/t17-,18-,19-,20-,21-/m1/s1. The molecule has 1 aliphatic heterocycles. The third-order valence-corrected chi connectivity index (χ3v) is 4.52. The molecule has 1 saturated heterocycles. The van der Waals surface area contributed by atoms with Crippen molar-refractivity contribution in [2.75, 3.05) is 13.7 Å². The van der Waals surface area contributed by atoms with Gasteiger partial charge in [0.1, 0.15) is 18.8 Å². The highest BCUT2D eigenvalue weighted by Crippen LogP contribution is 2.40. The molecule has 11 heteroatoms. The van der Waals surface area contributed by atoms with Gasteiger partial charge in [-0.3, -0.25) is 19.2 Å². The Balaban J connectivity index is 2.56. The molecule has 1 fully saturated rings. The Hall–Kier alpha value is -3.34. The van der Waals surface area contributed by atoms with Gasteiger partial charge < -0.3 is 33.5 Å². The number of hydrogen-bond donors (Lipinski definition) is 1. The highest BCUT2D eigenvalue weighted by molar-refractivity contribution is 5.69. The van der Waals surface area contributed by atoms with Crippen LogP contribution in [0.15, 0.2) is 18.2 Å². The molecule has 0 radical (unpaired) electrons. The summed E-state index contributed by atoms with van der Waals surface area (Å²) in [5.74, 6) is -2.78. The summed E-state index contributed by atoms with van der Waals surface area (Å²) < 4.78 is 32.2. The van der Waals surface area contributed by atoms with Gasteiger partial charge in [-0.2, -0.15) is 0 Å². The number of carbonyl (C=O) groups is 4. The zero-order valence-electron chi connectivity index (χ0n) is 18.4. The van der Waals surface area contributed by atoms with E-state index in [9.17, 15) is 24.3 Å². The molecule has 0 aliphatic carbocycles. The molecule has 176 valence electrons. The molecule has 0 aromatic heterocycles. The van der Waals surface area contributed by atoms with Crippen LogP contribution in [-0.4, -0.2) is 67.1 Å². The minimum atomic E-state index is -1.29. The molecule has 32 heavy (non-hydrogen) atoms. The molecular weight excluding hydrogens is 428 g/mol. The average Bonchev–Trinajstić information content (AvgIpc) is 2.68. The minimum Gasteiger partial charge on any atom is -0.504 e. The lowest BCUT2D eigenvalue weighted by Gasteiger charge is -2.44. The summed E-state index contributed by atoms with van der Waals surface area (Å²) in [6.45, 7) is 4.28. The van der Waals surface area contributed by atoms with Gasteiger partial charge in [-0.05, 0) is 17.7 Å². The van der Waals surface area contributed by atoms with Crippen LogP contribution in [-0.2, 0) is 42.9 Å². The number of carbonyl (C=O) groups excluding carboxylic acids is 4. The molecular formula is C21H26O11. The zero-order valence-corrected chi connectivity index (χ0v) is 18.4. The fourth-order valence-corrected chi connectivity index (χ4v) is 3.38. The van der Waals surface area contributed by atoms with Crippen LogP contribution in [0.25, 0.3) is 0 Å². The van der Waals surface area contributed by atoms with E-state index in [1.807, 2.05) is 0 Å². The Morgan fingerprint density at radius 3 is 1.94 bits per heavy atom. The molecule has 0 bridgehead atoms. The van der Waals surface area contributed by atoms with Gasteiger partial charge in [0.25, 0.3) is 0 Å². The number of esters is 4. The summed E-state index contributed by atoms with van der Waals surface area (Å²) >= 11 is 0. The van der Waals surface area contributed by atoms with Crippen molar-refractivity contribution in [3.63, 3.8) is 0 Å². The Labute approximate surface area is 184 Å².